The zero-order valence-electron chi connectivity index (χ0n) is 16.9. The van der Waals surface area contributed by atoms with E-state index in [0.29, 0.717) is 22.5 Å². The third-order valence-corrected chi connectivity index (χ3v) is 5.81. The summed E-state index contributed by atoms with van der Waals surface area (Å²) >= 11 is 6.30. The van der Waals surface area contributed by atoms with Crippen molar-refractivity contribution in [3.8, 4) is 0 Å². The summed E-state index contributed by atoms with van der Waals surface area (Å²) in [7, 11) is -3.40. The molecule has 0 fully saturated rings. The Labute approximate surface area is 190 Å². The average molecular weight is 472 g/mol. The minimum atomic E-state index is -3.40. The molecule has 1 amide bonds. The lowest BCUT2D eigenvalue weighted by atomic mass is 10.0. The van der Waals surface area contributed by atoms with Crippen molar-refractivity contribution in [1.29, 1.82) is 0 Å². The summed E-state index contributed by atoms with van der Waals surface area (Å²) in [4.78, 5) is 13.2. The molecule has 1 atom stereocenters. The summed E-state index contributed by atoms with van der Waals surface area (Å²) < 4.78 is 40.0. The van der Waals surface area contributed by atoms with Gasteiger partial charge in [-0.15, -0.1) is 0 Å². The standard InChI is InChI=1S/C23H19ClFN3O3S/c1-32(30,31)27-17-12-10-15(11-13-17)20-14-21(22-18(24)8-5-9-19(22)25)28(26-20)23(29)16-6-3-2-4-7-16/h2-14,21,26-27H,1H3. The summed E-state index contributed by atoms with van der Waals surface area (Å²) in [6.07, 6.45) is 2.78. The first-order valence-corrected chi connectivity index (χ1v) is 11.9. The molecular formula is C23H19ClFN3O3S. The van der Waals surface area contributed by atoms with E-state index in [1.165, 1.54) is 17.1 Å². The summed E-state index contributed by atoms with van der Waals surface area (Å²) in [5, 5.41) is 1.53. The van der Waals surface area contributed by atoms with Crippen molar-refractivity contribution >= 4 is 38.9 Å². The second-order valence-electron chi connectivity index (χ2n) is 7.27. The van der Waals surface area contributed by atoms with Crippen LogP contribution in [0.2, 0.25) is 5.02 Å². The van der Waals surface area contributed by atoms with E-state index in [2.05, 4.69) is 10.1 Å². The quantitative estimate of drug-likeness (QED) is 0.570. The molecule has 0 bridgehead atoms. The molecule has 1 heterocycles. The normalized spacial score (nSPS) is 15.8. The van der Waals surface area contributed by atoms with Gasteiger partial charge in [0.2, 0.25) is 10.0 Å². The van der Waals surface area contributed by atoms with Gasteiger partial charge >= 0.3 is 0 Å². The van der Waals surface area contributed by atoms with Crippen LogP contribution < -0.4 is 10.1 Å². The van der Waals surface area contributed by atoms with Crippen LogP contribution in [0.3, 0.4) is 0 Å². The predicted molar refractivity (Wildman–Crippen MR) is 123 cm³/mol. The number of hydrazine groups is 1. The van der Waals surface area contributed by atoms with Crippen LogP contribution in [0, 0.1) is 5.82 Å². The maximum Gasteiger partial charge on any atom is 0.273 e. The van der Waals surface area contributed by atoms with E-state index in [-0.39, 0.29) is 16.5 Å². The molecule has 1 unspecified atom stereocenters. The maximum atomic E-state index is 14.7. The number of carbonyl (C=O) groups excluding carboxylic acids is 1. The van der Waals surface area contributed by atoms with Crippen molar-refractivity contribution in [1.82, 2.24) is 10.4 Å². The Morgan fingerprint density at radius 1 is 1.03 bits per heavy atom. The second kappa shape index (κ2) is 8.64. The van der Waals surface area contributed by atoms with E-state index < -0.39 is 21.9 Å². The van der Waals surface area contributed by atoms with Crippen LogP contribution >= 0.6 is 11.6 Å². The van der Waals surface area contributed by atoms with Crippen molar-refractivity contribution in [3.63, 3.8) is 0 Å². The van der Waals surface area contributed by atoms with Crippen molar-refractivity contribution in [2.24, 2.45) is 0 Å². The van der Waals surface area contributed by atoms with Crippen LogP contribution in [0.4, 0.5) is 10.1 Å². The Morgan fingerprint density at radius 2 is 1.72 bits per heavy atom. The fraction of sp³-hybridized carbons (Fsp3) is 0.0870. The predicted octanol–water partition coefficient (Wildman–Crippen LogP) is 4.59. The van der Waals surface area contributed by atoms with Gasteiger partial charge in [-0.05, 0) is 48.0 Å². The minimum Gasteiger partial charge on any atom is -0.295 e. The first kappa shape index (κ1) is 21.9. The van der Waals surface area contributed by atoms with E-state index >= 15 is 0 Å². The molecule has 0 saturated carbocycles. The molecule has 0 radical (unpaired) electrons. The lowest BCUT2D eigenvalue weighted by molar-refractivity contribution is 0.0670. The molecule has 9 heteroatoms. The molecule has 1 aliphatic heterocycles. The molecule has 2 N–H and O–H groups in total. The van der Waals surface area contributed by atoms with Crippen LogP contribution in [0.15, 0.2) is 78.9 Å². The summed E-state index contributed by atoms with van der Waals surface area (Å²) in [5.74, 6) is -0.878. The molecule has 32 heavy (non-hydrogen) atoms. The van der Waals surface area contributed by atoms with E-state index in [0.717, 1.165) is 6.26 Å². The fourth-order valence-electron chi connectivity index (χ4n) is 3.46. The van der Waals surface area contributed by atoms with Crippen molar-refractivity contribution in [3.05, 3.63) is 106 Å². The van der Waals surface area contributed by atoms with Gasteiger partial charge in [-0.3, -0.25) is 14.9 Å². The van der Waals surface area contributed by atoms with Gasteiger partial charge in [0.25, 0.3) is 5.91 Å². The van der Waals surface area contributed by atoms with E-state index in [4.69, 9.17) is 11.6 Å². The van der Waals surface area contributed by atoms with Crippen LogP contribution in [0.1, 0.15) is 27.5 Å². The van der Waals surface area contributed by atoms with Gasteiger partial charge in [-0.25, -0.2) is 17.8 Å². The van der Waals surface area contributed by atoms with Gasteiger partial charge in [-0.1, -0.05) is 48.0 Å². The molecule has 1 aliphatic rings. The number of sulfonamides is 1. The number of hydrogen-bond donors (Lipinski definition) is 2. The van der Waals surface area contributed by atoms with Crippen molar-refractivity contribution in [2.75, 3.05) is 11.0 Å². The highest BCUT2D eigenvalue weighted by Gasteiger charge is 2.34. The van der Waals surface area contributed by atoms with Crippen LogP contribution in [-0.2, 0) is 10.0 Å². The molecular weight excluding hydrogens is 453 g/mol. The average Bonchev–Trinajstić information content (AvgIpc) is 3.18. The van der Waals surface area contributed by atoms with Crippen LogP contribution in [-0.4, -0.2) is 25.6 Å². The van der Waals surface area contributed by atoms with Gasteiger partial charge < -0.3 is 0 Å². The highest BCUT2D eigenvalue weighted by atomic mass is 35.5. The molecule has 0 aromatic heterocycles. The molecule has 6 nitrogen and oxygen atoms in total. The largest absolute Gasteiger partial charge is 0.295 e. The monoisotopic (exact) mass is 471 g/mol. The Kier molecular flexibility index (Phi) is 5.90. The summed E-state index contributed by atoms with van der Waals surface area (Å²) in [5.41, 5.74) is 5.31. The van der Waals surface area contributed by atoms with Crippen molar-refractivity contribution < 1.29 is 17.6 Å². The first-order valence-electron chi connectivity index (χ1n) is 9.62. The maximum absolute atomic E-state index is 14.7. The fourth-order valence-corrected chi connectivity index (χ4v) is 4.30. The van der Waals surface area contributed by atoms with Gasteiger partial charge in [0.15, 0.2) is 0 Å². The Hall–Kier alpha value is -3.36. The van der Waals surface area contributed by atoms with Gasteiger partial charge in [0.05, 0.1) is 12.0 Å². The second-order valence-corrected chi connectivity index (χ2v) is 9.42. The molecule has 3 aromatic carbocycles. The zero-order valence-corrected chi connectivity index (χ0v) is 18.5. The first-order chi connectivity index (χ1) is 15.2. The smallest absolute Gasteiger partial charge is 0.273 e. The molecule has 0 spiro atoms. The van der Waals surface area contributed by atoms with Crippen LogP contribution in [0.25, 0.3) is 5.70 Å². The number of nitrogens with zero attached hydrogens (tertiary/aromatic N) is 1. The molecule has 0 saturated heterocycles. The van der Waals surface area contributed by atoms with E-state index in [9.17, 15) is 17.6 Å². The highest BCUT2D eigenvalue weighted by Crippen LogP contribution is 2.37. The van der Waals surface area contributed by atoms with Gasteiger partial charge in [-0.2, -0.15) is 0 Å². The number of anilines is 1. The number of carbonyl (C=O) groups is 1. The number of halogens is 2. The lowest BCUT2D eigenvalue weighted by Gasteiger charge is -2.26. The SMILES string of the molecule is CS(=O)(=O)Nc1ccc(C2=CC(c3c(F)cccc3Cl)N(C(=O)c3ccccc3)N2)cc1. The van der Waals surface area contributed by atoms with Gasteiger partial charge in [0, 0.05) is 21.8 Å². The number of hydrogen-bond acceptors (Lipinski definition) is 4. The highest BCUT2D eigenvalue weighted by molar-refractivity contribution is 7.92. The van der Waals surface area contributed by atoms with E-state index in [1.807, 2.05) is 0 Å². The number of benzene rings is 3. The van der Waals surface area contributed by atoms with Crippen molar-refractivity contribution in [2.45, 2.75) is 6.04 Å². The lowest BCUT2D eigenvalue weighted by Crippen LogP contribution is -2.39. The van der Waals surface area contributed by atoms with Crippen LogP contribution in [0.5, 0.6) is 0 Å². The number of nitrogens with one attached hydrogen (secondary N) is 2. The molecule has 4 rings (SSSR count). The minimum absolute atomic E-state index is 0.177. The van der Waals surface area contributed by atoms with E-state index in [1.54, 1.807) is 66.7 Å². The molecule has 3 aromatic rings. The molecule has 0 aliphatic carbocycles. The Morgan fingerprint density at radius 3 is 2.34 bits per heavy atom. The Bertz CT molecular complexity index is 1280. The summed E-state index contributed by atoms with van der Waals surface area (Å²) in [6, 6.07) is 18.8. The zero-order chi connectivity index (χ0) is 22.9. The van der Waals surface area contributed by atoms with Gasteiger partial charge in [0.1, 0.15) is 11.9 Å². The number of amides is 1. The third kappa shape index (κ3) is 4.61. The topological polar surface area (TPSA) is 78.5 Å². The third-order valence-electron chi connectivity index (χ3n) is 4.88. The summed E-state index contributed by atoms with van der Waals surface area (Å²) in [6.45, 7) is 0. The molecule has 164 valence electrons. The Balaban J connectivity index is 1.72. The number of rotatable bonds is 5.